The summed E-state index contributed by atoms with van der Waals surface area (Å²) in [6.07, 6.45) is 0.733. The van der Waals surface area contributed by atoms with E-state index in [0.29, 0.717) is 16.9 Å². The number of aromatic nitrogens is 2. The lowest BCUT2D eigenvalue weighted by Crippen LogP contribution is -2.41. The number of nitrogen functional groups attached to an aromatic ring is 1. The Bertz CT molecular complexity index is 732. The van der Waals surface area contributed by atoms with E-state index >= 15 is 0 Å². The molecule has 1 aromatic heterocycles. The van der Waals surface area contributed by atoms with E-state index in [1.165, 1.54) is 0 Å². The van der Waals surface area contributed by atoms with E-state index in [9.17, 15) is 9.50 Å². The van der Waals surface area contributed by atoms with Gasteiger partial charge >= 0.3 is 0 Å². The van der Waals surface area contributed by atoms with Gasteiger partial charge in [-0.1, -0.05) is 0 Å². The van der Waals surface area contributed by atoms with Gasteiger partial charge in [0.05, 0.1) is 18.1 Å². The van der Waals surface area contributed by atoms with E-state index in [-0.39, 0.29) is 24.6 Å². The summed E-state index contributed by atoms with van der Waals surface area (Å²) >= 11 is 0. The maximum atomic E-state index is 13.9. The molecule has 0 aliphatic carbocycles. The average molecular weight is 318 g/mol. The van der Waals surface area contributed by atoms with Crippen molar-refractivity contribution in [3.05, 3.63) is 40.3 Å². The van der Waals surface area contributed by atoms with Crippen molar-refractivity contribution in [1.29, 1.82) is 0 Å². The van der Waals surface area contributed by atoms with Crippen molar-refractivity contribution in [3.63, 3.8) is 0 Å². The minimum atomic E-state index is -0.197. The summed E-state index contributed by atoms with van der Waals surface area (Å²) < 4.78 is 15.6. The van der Waals surface area contributed by atoms with E-state index in [1.54, 1.807) is 30.7 Å². The van der Waals surface area contributed by atoms with Crippen molar-refractivity contribution in [2.45, 2.75) is 46.2 Å². The van der Waals surface area contributed by atoms with Gasteiger partial charge in [-0.05, 0) is 51.0 Å². The largest absolute Gasteiger partial charge is 0.383 e. The van der Waals surface area contributed by atoms with Gasteiger partial charge in [-0.25, -0.2) is 9.07 Å². The van der Waals surface area contributed by atoms with Crippen LogP contribution in [0.4, 0.5) is 10.2 Å². The zero-order chi connectivity index (χ0) is 16.9. The van der Waals surface area contributed by atoms with Crippen LogP contribution in [0.15, 0.2) is 12.1 Å². The first kappa shape index (κ1) is 16.0. The maximum Gasteiger partial charge on any atom is 0.132 e. The predicted molar refractivity (Wildman–Crippen MR) is 87.9 cm³/mol. The number of rotatable bonds is 2. The van der Waals surface area contributed by atoms with Gasteiger partial charge in [0.2, 0.25) is 0 Å². The summed E-state index contributed by atoms with van der Waals surface area (Å²) in [6.45, 7) is 7.56. The third kappa shape index (κ3) is 2.42. The molecule has 0 radical (unpaired) electrons. The smallest absolute Gasteiger partial charge is 0.132 e. The van der Waals surface area contributed by atoms with Gasteiger partial charge in [-0.15, -0.1) is 0 Å². The molecule has 0 amide bonds. The fourth-order valence-corrected chi connectivity index (χ4v) is 3.54. The second kappa shape index (κ2) is 5.62. The lowest BCUT2D eigenvalue weighted by atomic mass is 9.95. The van der Waals surface area contributed by atoms with Gasteiger partial charge in [-0.2, -0.15) is 5.10 Å². The molecule has 2 heterocycles. The Kier molecular flexibility index (Phi) is 3.90. The molecule has 0 saturated heterocycles. The number of aryl methyl sites for hydroxylation is 2. The van der Waals surface area contributed by atoms with Gasteiger partial charge in [0, 0.05) is 24.1 Å². The number of aliphatic hydroxyl groups excluding tert-OH is 1. The zero-order valence-corrected chi connectivity index (χ0v) is 14.0. The van der Waals surface area contributed by atoms with Gasteiger partial charge in [0.15, 0.2) is 0 Å². The first-order chi connectivity index (χ1) is 10.8. The topological polar surface area (TPSA) is 67.3 Å². The van der Waals surface area contributed by atoms with Gasteiger partial charge in [0.25, 0.3) is 0 Å². The standard InChI is InChI=1S/C17H23FN4O/c1-9-5-13(6-10(2)16(9)18)22-17(19)15-12(4)21(8-23)11(3)7-14(15)20-22/h5-6,11-12,23H,7-8,19H2,1-4H3/t11?,12-/m0/s1. The molecule has 1 aliphatic heterocycles. The van der Waals surface area contributed by atoms with Crippen molar-refractivity contribution in [1.82, 2.24) is 14.7 Å². The number of nitrogens with zero attached hydrogens (tertiary/aromatic N) is 3. The second-order valence-corrected chi connectivity index (χ2v) is 6.44. The molecule has 3 rings (SSSR count). The number of anilines is 1. The van der Waals surface area contributed by atoms with E-state index in [1.807, 2.05) is 11.8 Å². The van der Waals surface area contributed by atoms with Crippen molar-refractivity contribution < 1.29 is 9.50 Å². The Balaban J connectivity index is 2.13. The monoisotopic (exact) mass is 318 g/mol. The fourth-order valence-electron chi connectivity index (χ4n) is 3.54. The third-order valence-electron chi connectivity index (χ3n) is 4.83. The Morgan fingerprint density at radius 2 is 1.91 bits per heavy atom. The minimum absolute atomic E-state index is 0.00450. The van der Waals surface area contributed by atoms with Crippen molar-refractivity contribution >= 4 is 5.82 Å². The van der Waals surface area contributed by atoms with E-state index in [0.717, 1.165) is 23.4 Å². The molecule has 23 heavy (non-hydrogen) atoms. The van der Waals surface area contributed by atoms with Crippen LogP contribution in [-0.2, 0) is 6.42 Å². The number of benzene rings is 1. The second-order valence-electron chi connectivity index (χ2n) is 6.44. The van der Waals surface area contributed by atoms with E-state index in [4.69, 9.17) is 5.73 Å². The highest BCUT2D eigenvalue weighted by Crippen LogP contribution is 2.37. The highest BCUT2D eigenvalue weighted by atomic mass is 19.1. The normalized spacial score (nSPS) is 21.5. The van der Waals surface area contributed by atoms with Crippen molar-refractivity contribution in [2.75, 3.05) is 12.5 Å². The molecule has 1 aliphatic rings. The quantitative estimate of drug-likeness (QED) is 0.892. The Morgan fingerprint density at radius 3 is 2.48 bits per heavy atom. The van der Waals surface area contributed by atoms with Crippen LogP contribution in [-0.4, -0.2) is 32.6 Å². The molecule has 124 valence electrons. The zero-order valence-electron chi connectivity index (χ0n) is 14.0. The van der Waals surface area contributed by atoms with E-state index < -0.39 is 0 Å². The number of aliphatic hydroxyl groups is 1. The van der Waals surface area contributed by atoms with Crippen LogP contribution >= 0.6 is 0 Å². The lowest BCUT2D eigenvalue weighted by molar-refractivity contribution is 0.0326. The van der Waals surface area contributed by atoms with E-state index in [2.05, 4.69) is 12.0 Å². The van der Waals surface area contributed by atoms with Gasteiger partial charge < -0.3 is 10.8 Å². The summed E-state index contributed by atoms with van der Waals surface area (Å²) in [5.41, 5.74) is 10.2. The highest BCUT2D eigenvalue weighted by Gasteiger charge is 2.34. The van der Waals surface area contributed by atoms with Crippen LogP contribution in [0.1, 0.15) is 42.3 Å². The molecule has 1 aromatic carbocycles. The molecule has 0 spiro atoms. The first-order valence-electron chi connectivity index (χ1n) is 7.86. The molecule has 2 aromatic rings. The van der Waals surface area contributed by atoms with Crippen molar-refractivity contribution in [3.8, 4) is 5.69 Å². The maximum absolute atomic E-state index is 13.9. The molecule has 3 N–H and O–H groups in total. The molecule has 0 saturated carbocycles. The number of hydrogen-bond donors (Lipinski definition) is 2. The number of hydrogen-bond acceptors (Lipinski definition) is 4. The van der Waals surface area contributed by atoms with Gasteiger partial charge in [-0.3, -0.25) is 4.90 Å². The molecule has 1 unspecified atom stereocenters. The summed E-state index contributed by atoms with van der Waals surface area (Å²) in [5.74, 6) is 0.362. The molecule has 6 heteroatoms. The summed E-state index contributed by atoms with van der Waals surface area (Å²) in [5, 5.41) is 14.3. The summed E-state index contributed by atoms with van der Waals surface area (Å²) in [7, 11) is 0. The first-order valence-corrected chi connectivity index (χ1v) is 7.86. The SMILES string of the molecule is Cc1cc(-n2nc3c(c2N)[C@H](C)N(CO)C(C)C3)cc(C)c1F. The van der Waals surface area contributed by atoms with Gasteiger partial charge in [0.1, 0.15) is 11.6 Å². The lowest BCUT2D eigenvalue weighted by Gasteiger charge is -2.36. The van der Waals surface area contributed by atoms with Crippen LogP contribution in [0.5, 0.6) is 0 Å². The summed E-state index contributed by atoms with van der Waals surface area (Å²) in [6, 6.07) is 3.71. The molecular weight excluding hydrogens is 295 g/mol. The molecule has 0 fully saturated rings. The highest BCUT2D eigenvalue weighted by molar-refractivity contribution is 5.54. The molecule has 2 atom stereocenters. The Morgan fingerprint density at radius 1 is 1.30 bits per heavy atom. The molecular formula is C17H23FN4O. The Hall–Kier alpha value is -1.92. The average Bonchev–Trinajstić information content (AvgIpc) is 2.81. The predicted octanol–water partition coefficient (Wildman–Crippen LogP) is 2.47. The number of fused-ring (bicyclic) bond motifs is 1. The molecule has 0 bridgehead atoms. The van der Waals surface area contributed by atoms with Crippen LogP contribution in [0.25, 0.3) is 5.69 Å². The van der Waals surface area contributed by atoms with Crippen LogP contribution in [0.2, 0.25) is 0 Å². The number of halogens is 1. The van der Waals surface area contributed by atoms with Crippen LogP contribution in [0, 0.1) is 19.7 Å². The summed E-state index contributed by atoms with van der Waals surface area (Å²) in [4.78, 5) is 1.99. The molecule has 5 nitrogen and oxygen atoms in total. The van der Waals surface area contributed by atoms with Crippen LogP contribution < -0.4 is 5.73 Å². The third-order valence-corrected chi connectivity index (χ3v) is 4.83. The minimum Gasteiger partial charge on any atom is -0.383 e. The van der Waals surface area contributed by atoms with Crippen molar-refractivity contribution in [2.24, 2.45) is 0 Å². The number of nitrogens with two attached hydrogens (primary N) is 1. The fraction of sp³-hybridized carbons (Fsp3) is 0.471. The van der Waals surface area contributed by atoms with Crippen LogP contribution in [0.3, 0.4) is 0 Å². The Labute approximate surface area is 135 Å².